The molecule has 74 valence electrons. The SMILES string of the molecule is CC(F)(F)c1cc2ccc(N)cc2[nH]1. The van der Waals surface area contributed by atoms with Gasteiger partial charge in [0.15, 0.2) is 0 Å². The molecular weight excluding hydrogens is 186 g/mol. The van der Waals surface area contributed by atoms with E-state index in [2.05, 4.69) is 4.98 Å². The molecule has 0 saturated carbocycles. The largest absolute Gasteiger partial charge is 0.399 e. The zero-order valence-corrected chi connectivity index (χ0v) is 7.64. The number of fused-ring (bicyclic) bond motifs is 1. The van der Waals surface area contributed by atoms with Crippen molar-refractivity contribution in [1.82, 2.24) is 4.98 Å². The van der Waals surface area contributed by atoms with Crippen LogP contribution in [0.5, 0.6) is 0 Å². The number of hydrogen-bond acceptors (Lipinski definition) is 1. The van der Waals surface area contributed by atoms with Crippen molar-refractivity contribution in [3.05, 3.63) is 30.0 Å². The monoisotopic (exact) mass is 196 g/mol. The number of anilines is 1. The summed E-state index contributed by atoms with van der Waals surface area (Å²) in [6, 6.07) is 6.49. The number of halogens is 2. The number of alkyl halides is 2. The van der Waals surface area contributed by atoms with Crippen LogP contribution in [-0.2, 0) is 5.92 Å². The van der Waals surface area contributed by atoms with Crippen LogP contribution in [0.3, 0.4) is 0 Å². The minimum Gasteiger partial charge on any atom is -0.399 e. The zero-order valence-electron chi connectivity index (χ0n) is 7.64. The van der Waals surface area contributed by atoms with Crippen LogP contribution in [0.4, 0.5) is 14.5 Å². The Balaban J connectivity index is 2.63. The lowest BCUT2D eigenvalue weighted by Crippen LogP contribution is -2.06. The third kappa shape index (κ3) is 1.43. The Labute approximate surface area is 79.7 Å². The van der Waals surface area contributed by atoms with E-state index in [1.165, 1.54) is 6.07 Å². The quantitative estimate of drug-likeness (QED) is 0.676. The van der Waals surface area contributed by atoms with Crippen molar-refractivity contribution >= 4 is 16.6 Å². The number of H-pyrrole nitrogens is 1. The van der Waals surface area contributed by atoms with Crippen LogP contribution in [-0.4, -0.2) is 4.98 Å². The molecule has 0 amide bonds. The van der Waals surface area contributed by atoms with Gasteiger partial charge in [-0.25, -0.2) is 8.78 Å². The summed E-state index contributed by atoms with van der Waals surface area (Å²) in [6.07, 6.45) is 0. The van der Waals surface area contributed by atoms with Crippen LogP contribution in [0.2, 0.25) is 0 Å². The summed E-state index contributed by atoms with van der Waals surface area (Å²) in [5.74, 6) is -2.84. The van der Waals surface area contributed by atoms with Crippen LogP contribution in [0.25, 0.3) is 10.9 Å². The number of nitrogens with one attached hydrogen (secondary N) is 1. The molecule has 4 heteroatoms. The molecule has 1 aromatic carbocycles. The van der Waals surface area contributed by atoms with E-state index in [0.717, 1.165) is 12.3 Å². The van der Waals surface area contributed by atoms with Crippen molar-refractivity contribution in [3.8, 4) is 0 Å². The van der Waals surface area contributed by atoms with Gasteiger partial charge >= 0.3 is 0 Å². The third-order valence-electron chi connectivity index (χ3n) is 2.12. The summed E-state index contributed by atoms with van der Waals surface area (Å²) in [5, 5.41) is 0.746. The molecule has 2 rings (SSSR count). The van der Waals surface area contributed by atoms with Crippen molar-refractivity contribution in [3.63, 3.8) is 0 Å². The average molecular weight is 196 g/mol. The van der Waals surface area contributed by atoms with Crippen molar-refractivity contribution < 1.29 is 8.78 Å². The minimum atomic E-state index is -2.84. The number of aromatic nitrogens is 1. The highest BCUT2D eigenvalue weighted by Gasteiger charge is 2.26. The average Bonchev–Trinajstić information content (AvgIpc) is 2.45. The van der Waals surface area contributed by atoms with E-state index in [0.29, 0.717) is 11.2 Å². The van der Waals surface area contributed by atoms with E-state index in [4.69, 9.17) is 5.73 Å². The third-order valence-corrected chi connectivity index (χ3v) is 2.12. The maximum atomic E-state index is 12.9. The van der Waals surface area contributed by atoms with Crippen LogP contribution in [0.1, 0.15) is 12.6 Å². The van der Waals surface area contributed by atoms with Gasteiger partial charge in [0.25, 0.3) is 5.92 Å². The first-order chi connectivity index (χ1) is 6.47. The van der Waals surface area contributed by atoms with Crippen molar-refractivity contribution in [1.29, 1.82) is 0 Å². The molecule has 2 nitrogen and oxygen atoms in total. The smallest absolute Gasteiger partial charge is 0.284 e. The van der Waals surface area contributed by atoms with Gasteiger partial charge < -0.3 is 10.7 Å². The highest BCUT2D eigenvalue weighted by atomic mass is 19.3. The topological polar surface area (TPSA) is 41.8 Å². The molecule has 0 aliphatic rings. The Morgan fingerprint density at radius 1 is 1.29 bits per heavy atom. The Bertz CT molecular complexity index is 468. The van der Waals surface area contributed by atoms with E-state index < -0.39 is 5.92 Å². The molecule has 0 saturated heterocycles. The van der Waals surface area contributed by atoms with Crippen molar-refractivity contribution in [2.24, 2.45) is 0 Å². The second kappa shape index (κ2) is 2.70. The maximum Gasteiger partial charge on any atom is 0.284 e. The Hall–Kier alpha value is -1.58. The zero-order chi connectivity index (χ0) is 10.3. The fraction of sp³-hybridized carbons (Fsp3) is 0.200. The standard InChI is InChI=1S/C10H10F2N2/c1-10(11,12)9-4-6-2-3-7(13)5-8(6)14-9/h2-5,14H,13H2,1H3. The lowest BCUT2D eigenvalue weighted by Gasteiger charge is -2.05. The first-order valence-electron chi connectivity index (χ1n) is 4.23. The highest BCUT2D eigenvalue weighted by Crippen LogP contribution is 2.29. The summed E-state index contributed by atoms with van der Waals surface area (Å²) < 4.78 is 25.9. The second-order valence-electron chi connectivity index (χ2n) is 3.42. The van der Waals surface area contributed by atoms with E-state index in [-0.39, 0.29) is 5.69 Å². The summed E-state index contributed by atoms with van der Waals surface area (Å²) in [4.78, 5) is 2.65. The van der Waals surface area contributed by atoms with Gasteiger partial charge in [-0.05, 0) is 18.2 Å². The van der Waals surface area contributed by atoms with Gasteiger partial charge in [-0.15, -0.1) is 0 Å². The molecule has 0 bridgehead atoms. The summed E-state index contributed by atoms with van der Waals surface area (Å²) in [5.41, 5.74) is 6.65. The number of benzene rings is 1. The summed E-state index contributed by atoms with van der Waals surface area (Å²) >= 11 is 0. The fourth-order valence-electron chi connectivity index (χ4n) is 1.38. The number of hydrogen-bond donors (Lipinski definition) is 2. The molecule has 2 aromatic rings. The minimum absolute atomic E-state index is 0.0851. The molecule has 0 fully saturated rings. The first-order valence-corrected chi connectivity index (χ1v) is 4.23. The first kappa shape index (κ1) is 8.99. The summed E-state index contributed by atoms with van der Waals surface area (Å²) in [7, 11) is 0. The predicted molar refractivity (Wildman–Crippen MR) is 52.3 cm³/mol. The van der Waals surface area contributed by atoms with Gasteiger partial charge in [0.1, 0.15) is 0 Å². The molecule has 14 heavy (non-hydrogen) atoms. The molecule has 0 radical (unpaired) electrons. The van der Waals surface area contributed by atoms with E-state index in [1.54, 1.807) is 18.2 Å². The van der Waals surface area contributed by atoms with E-state index >= 15 is 0 Å². The molecule has 0 aliphatic carbocycles. The number of nitrogens with two attached hydrogens (primary N) is 1. The molecule has 0 aliphatic heterocycles. The van der Waals surface area contributed by atoms with Crippen molar-refractivity contribution in [2.75, 3.05) is 5.73 Å². The number of nitrogen functional groups attached to an aromatic ring is 1. The lowest BCUT2D eigenvalue weighted by molar-refractivity contribution is 0.0135. The molecule has 0 atom stereocenters. The van der Waals surface area contributed by atoms with Crippen LogP contribution in [0, 0.1) is 0 Å². The normalized spacial score (nSPS) is 12.2. The van der Waals surface area contributed by atoms with Gasteiger partial charge in [-0.2, -0.15) is 0 Å². The summed E-state index contributed by atoms with van der Waals surface area (Å²) in [6.45, 7) is 0.862. The van der Waals surface area contributed by atoms with Crippen LogP contribution in [0.15, 0.2) is 24.3 Å². The second-order valence-corrected chi connectivity index (χ2v) is 3.42. The predicted octanol–water partition coefficient (Wildman–Crippen LogP) is 2.86. The number of rotatable bonds is 1. The maximum absolute atomic E-state index is 12.9. The molecule has 0 spiro atoms. The van der Waals surface area contributed by atoms with Gasteiger partial charge in [0.2, 0.25) is 0 Å². The Morgan fingerprint density at radius 3 is 2.64 bits per heavy atom. The van der Waals surface area contributed by atoms with Gasteiger partial charge in [0, 0.05) is 23.5 Å². The van der Waals surface area contributed by atoms with E-state index in [1.807, 2.05) is 0 Å². The molecule has 1 aromatic heterocycles. The molecule has 1 heterocycles. The van der Waals surface area contributed by atoms with Gasteiger partial charge in [0.05, 0.1) is 5.69 Å². The Morgan fingerprint density at radius 2 is 2.00 bits per heavy atom. The van der Waals surface area contributed by atoms with Crippen molar-refractivity contribution in [2.45, 2.75) is 12.8 Å². The van der Waals surface area contributed by atoms with Crippen LogP contribution >= 0.6 is 0 Å². The molecule has 0 unspecified atom stereocenters. The highest BCUT2D eigenvalue weighted by molar-refractivity contribution is 5.83. The van der Waals surface area contributed by atoms with E-state index in [9.17, 15) is 8.78 Å². The van der Waals surface area contributed by atoms with Crippen LogP contribution < -0.4 is 5.73 Å². The number of aromatic amines is 1. The Kier molecular flexibility index (Phi) is 1.74. The lowest BCUT2D eigenvalue weighted by atomic mass is 10.2. The molecule has 3 N–H and O–H groups in total. The van der Waals surface area contributed by atoms with Gasteiger partial charge in [-0.3, -0.25) is 0 Å². The van der Waals surface area contributed by atoms with Gasteiger partial charge in [-0.1, -0.05) is 6.07 Å². The molecular formula is C10H10F2N2. The fourth-order valence-corrected chi connectivity index (χ4v) is 1.38.